The third-order valence-corrected chi connectivity index (χ3v) is 3.26. The molecule has 2 N–H and O–H groups in total. The third kappa shape index (κ3) is 2.30. The molecule has 1 aromatic rings. The van der Waals surface area contributed by atoms with Gasteiger partial charge < -0.3 is 14.8 Å². The number of methoxy groups -OCH3 is 2. The summed E-state index contributed by atoms with van der Waals surface area (Å²) >= 11 is 0. The first-order valence-corrected chi connectivity index (χ1v) is 5.90. The Morgan fingerprint density at radius 2 is 2.06 bits per heavy atom. The van der Waals surface area contributed by atoms with Crippen LogP contribution in [0.4, 0.5) is 0 Å². The van der Waals surface area contributed by atoms with Gasteiger partial charge in [-0.05, 0) is 25.0 Å². The average Bonchev–Trinajstić information content (AvgIpc) is 2.39. The fourth-order valence-electron chi connectivity index (χ4n) is 2.35. The van der Waals surface area contributed by atoms with E-state index in [-0.39, 0.29) is 0 Å². The van der Waals surface area contributed by atoms with Crippen molar-refractivity contribution in [3.8, 4) is 11.5 Å². The highest BCUT2D eigenvalue weighted by Crippen LogP contribution is 2.30. The molecule has 0 spiro atoms. The van der Waals surface area contributed by atoms with Gasteiger partial charge in [-0.3, -0.25) is 0 Å². The van der Waals surface area contributed by atoms with Crippen LogP contribution in [0.1, 0.15) is 30.9 Å². The van der Waals surface area contributed by atoms with Gasteiger partial charge in [0, 0.05) is 12.5 Å². The number of ether oxygens (including phenoxy) is 2. The molecule has 3 heteroatoms. The summed E-state index contributed by atoms with van der Waals surface area (Å²) in [6, 6.07) is 6.66. The molecular weight excluding hydrogens is 202 g/mol. The predicted molar refractivity (Wildman–Crippen MR) is 62.9 cm³/mol. The van der Waals surface area contributed by atoms with Crippen molar-refractivity contribution in [3.05, 3.63) is 23.8 Å². The van der Waals surface area contributed by atoms with Crippen molar-refractivity contribution in [3.63, 3.8) is 0 Å². The van der Waals surface area contributed by atoms with Crippen LogP contribution in [-0.2, 0) is 0 Å². The number of hydrogen-bond donors (Lipinski definition) is 1. The molecule has 0 saturated carbocycles. The van der Waals surface area contributed by atoms with E-state index < -0.39 is 0 Å². The number of quaternary nitrogens is 1. The first-order valence-electron chi connectivity index (χ1n) is 5.90. The van der Waals surface area contributed by atoms with Gasteiger partial charge in [0.2, 0.25) is 0 Å². The fourth-order valence-corrected chi connectivity index (χ4v) is 2.35. The van der Waals surface area contributed by atoms with Crippen molar-refractivity contribution >= 4 is 0 Å². The van der Waals surface area contributed by atoms with Gasteiger partial charge in [-0.15, -0.1) is 0 Å². The minimum absolute atomic E-state index is 0.551. The largest absolute Gasteiger partial charge is 0.497 e. The van der Waals surface area contributed by atoms with E-state index in [0.717, 1.165) is 11.5 Å². The van der Waals surface area contributed by atoms with E-state index >= 15 is 0 Å². The Morgan fingerprint density at radius 1 is 1.19 bits per heavy atom. The van der Waals surface area contributed by atoms with E-state index in [1.54, 1.807) is 14.2 Å². The molecule has 3 nitrogen and oxygen atoms in total. The van der Waals surface area contributed by atoms with Crippen molar-refractivity contribution < 1.29 is 14.8 Å². The standard InChI is InChI=1S/C13H19NO2/c1-15-10-6-7-11(13(9-10)16-2)12-5-3-4-8-14-12/h6-7,9,12,14H,3-5,8H2,1-2H3/p+1/t12-/m0/s1. The lowest BCUT2D eigenvalue weighted by atomic mass is 9.96. The lowest BCUT2D eigenvalue weighted by Gasteiger charge is -2.22. The molecule has 16 heavy (non-hydrogen) atoms. The van der Waals surface area contributed by atoms with E-state index in [0.29, 0.717) is 6.04 Å². The number of rotatable bonds is 3. The Labute approximate surface area is 96.8 Å². The highest BCUT2D eigenvalue weighted by Gasteiger charge is 2.22. The Morgan fingerprint density at radius 3 is 2.69 bits per heavy atom. The maximum absolute atomic E-state index is 5.44. The Balaban J connectivity index is 2.24. The van der Waals surface area contributed by atoms with Gasteiger partial charge >= 0.3 is 0 Å². The monoisotopic (exact) mass is 222 g/mol. The van der Waals surface area contributed by atoms with Crippen LogP contribution < -0.4 is 14.8 Å². The van der Waals surface area contributed by atoms with Gasteiger partial charge in [0.15, 0.2) is 0 Å². The topological polar surface area (TPSA) is 35.1 Å². The summed E-state index contributed by atoms with van der Waals surface area (Å²) in [5, 5.41) is 2.41. The lowest BCUT2D eigenvalue weighted by molar-refractivity contribution is -0.704. The molecule has 1 saturated heterocycles. The summed E-state index contributed by atoms with van der Waals surface area (Å²) in [6.07, 6.45) is 3.88. The smallest absolute Gasteiger partial charge is 0.131 e. The second-order valence-electron chi connectivity index (χ2n) is 4.23. The van der Waals surface area contributed by atoms with Crippen LogP contribution in [0.15, 0.2) is 18.2 Å². The van der Waals surface area contributed by atoms with Gasteiger partial charge in [-0.1, -0.05) is 0 Å². The van der Waals surface area contributed by atoms with Crippen LogP contribution in [0, 0.1) is 0 Å². The van der Waals surface area contributed by atoms with Gasteiger partial charge in [0.05, 0.1) is 26.3 Å². The molecule has 1 heterocycles. The number of nitrogens with two attached hydrogens (primary N) is 1. The van der Waals surface area contributed by atoms with E-state index in [1.165, 1.54) is 31.4 Å². The van der Waals surface area contributed by atoms with Crippen LogP contribution in [-0.4, -0.2) is 20.8 Å². The van der Waals surface area contributed by atoms with Crippen molar-refractivity contribution in [2.45, 2.75) is 25.3 Å². The fraction of sp³-hybridized carbons (Fsp3) is 0.538. The zero-order valence-corrected chi connectivity index (χ0v) is 10.0. The summed E-state index contributed by atoms with van der Waals surface area (Å²) < 4.78 is 10.6. The van der Waals surface area contributed by atoms with Crippen LogP contribution in [0.5, 0.6) is 11.5 Å². The van der Waals surface area contributed by atoms with Crippen molar-refractivity contribution in [1.29, 1.82) is 0 Å². The maximum Gasteiger partial charge on any atom is 0.131 e. The van der Waals surface area contributed by atoms with Crippen molar-refractivity contribution in [1.82, 2.24) is 0 Å². The average molecular weight is 222 g/mol. The predicted octanol–water partition coefficient (Wildman–Crippen LogP) is 1.49. The number of benzene rings is 1. The molecule has 1 aromatic carbocycles. The third-order valence-electron chi connectivity index (χ3n) is 3.26. The molecule has 0 amide bonds. The molecule has 0 unspecified atom stereocenters. The molecule has 0 aromatic heterocycles. The van der Waals surface area contributed by atoms with Crippen LogP contribution in [0.3, 0.4) is 0 Å². The SMILES string of the molecule is COc1ccc([C@@H]2CCCC[NH2+]2)c(OC)c1. The van der Waals surface area contributed by atoms with Crippen molar-refractivity contribution in [2.75, 3.05) is 20.8 Å². The first-order chi connectivity index (χ1) is 7.85. The molecule has 0 radical (unpaired) electrons. The van der Waals surface area contributed by atoms with Crippen molar-refractivity contribution in [2.24, 2.45) is 0 Å². The summed E-state index contributed by atoms with van der Waals surface area (Å²) in [7, 11) is 3.41. The van der Waals surface area contributed by atoms with E-state index in [4.69, 9.17) is 9.47 Å². The normalized spacial score (nSPS) is 20.5. The zero-order valence-electron chi connectivity index (χ0n) is 10.0. The molecule has 1 fully saturated rings. The lowest BCUT2D eigenvalue weighted by Crippen LogP contribution is -2.86. The highest BCUT2D eigenvalue weighted by molar-refractivity contribution is 5.41. The molecule has 1 aliphatic rings. The van der Waals surface area contributed by atoms with Gasteiger partial charge in [0.1, 0.15) is 17.5 Å². The highest BCUT2D eigenvalue weighted by atomic mass is 16.5. The van der Waals surface area contributed by atoms with E-state index in [2.05, 4.69) is 11.4 Å². The number of hydrogen-bond acceptors (Lipinski definition) is 2. The maximum atomic E-state index is 5.44. The molecule has 0 bridgehead atoms. The van der Waals surface area contributed by atoms with Gasteiger partial charge in [-0.2, -0.15) is 0 Å². The second kappa shape index (κ2) is 5.21. The van der Waals surface area contributed by atoms with Gasteiger partial charge in [-0.25, -0.2) is 0 Å². The Hall–Kier alpha value is -1.22. The van der Waals surface area contributed by atoms with E-state index in [1.807, 2.05) is 12.1 Å². The minimum Gasteiger partial charge on any atom is -0.497 e. The minimum atomic E-state index is 0.551. The summed E-state index contributed by atoms with van der Waals surface area (Å²) in [6.45, 7) is 1.22. The summed E-state index contributed by atoms with van der Waals surface area (Å²) in [4.78, 5) is 0. The molecule has 2 rings (SSSR count). The second-order valence-corrected chi connectivity index (χ2v) is 4.23. The van der Waals surface area contributed by atoms with Crippen LogP contribution in [0.2, 0.25) is 0 Å². The molecular formula is C13H20NO2+. The Kier molecular flexibility index (Phi) is 3.67. The molecule has 88 valence electrons. The van der Waals surface area contributed by atoms with Crippen LogP contribution >= 0.6 is 0 Å². The summed E-state index contributed by atoms with van der Waals surface area (Å²) in [5.74, 6) is 1.80. The molecule has 1 atom stereocenters. The molecule has 1 aliphatic heterocycles. The quantitative estimate of drug-likeness (QED) is 0.841. The van der Waals surface area contributed by atoms with E-state index in [9.17, 15) is 0 Å². The zero-order chi connectivity index (χ0) is 11.4. The van der Waals surface area contributed by atoms with Gasteiger partial charge in [0.25, 0.3) is 0 Å². The molecule has 0 aliphatic carbocycles. The van der Waals surface area contributed by atoms with Crippen LogP contribution in [0.25, 0.3) is 0 Å². The Bertz CT molecular complexity index is 346. The summed E-state index contributed by atoms with van der Waals surface area (Å²) in [5.41, 5.74) is 1.29. The number of piperidine rings is 1. The first kappa shape index (κ1) is 11.3.